The van der Waals surface area contributed by atoms with Gasteiger partial charge in [-0.05, 0) is 55.2 Å². The fraction of sp³-hybridized carbons (Fsp3) is 0.318. The Kier molecular flexibility index (Phi) is 9.36. The fourth-order valence-electron chi connectivity index (χ4n) is 2.74. The Bertz CT molecular complexity index is 1020. The minimum atomic E-state index is -4.99. The number of amides is 3. The molecule has 6 nitrogen and oxygen atoms in total. The lowest BCUT2D eigenvalue weighted by molar-refractivity contribution is -0.173. The Hall–Kier alpha value is -3.43. The third-order valence-electron chi connectivity index (χ3n) is 4.38. The maximum Gasteiger partial charge on any atom is 0.471 e. The molecular formula is C22H26F4N4O2. The first-order valence-electron chi connectivity index (χ1n) is 9.76. The first kappa shape index (κ1) is 26.6. The summed E-state index contributed by atoms with van der Waals surface area (Å²) in [6, 6.07) is 6.43. The Morgan fingerprint density at radius 3 is 2.19 bits per heavy atom. The number of alkyl halides is 3. The van der Waals surface area contributed by atoms with E-state index in [9.17, 15) is 27.2 Å². The highest BCUT2D eigenvalue weighted by Crippen LogP contribution is 2.20. The lowest BCUT2D eigenvalue weighted by Gasteiger charge is -2.15. The molecule has 4 N–H and O–H groups in total. The number of rotatable bonds is 4. The van der Waals surface area contributed by atoms with E-state index in [4.69, 9.17) is 5.73 Å². The second kappa shape index (κ2) is 11.3. The molecule has 0 radical (unpaired) electrons. The molecule has 0 saturated heterocycles. The SMILES string of the molecule is CC.Cc1ccc(NC(=O)/N=C(\N)c2c(C)ccc(CNC(=O)C(F)(F)F)c2C)cc1F. The van der Waals surface area contributed by atoms with Crippen LogP contribution in [0.3, 0.4) is 0 Å². The van der Waals surface area contributed by atoms with E-state index < -0.39 is 23.9 Å². The highest BCUT2D eigenvalue weighted by atomic mass is 19.4. The number of carbonyl (C=O) groups excluding carboxylic acids is 2. The van der Waals surface area contributed by atoms with Gasteiger partial charge in [-0.2, -0.15) is 18.2 Å². The van der Waals surface area contributed by atoms with Crippen LogP contribution < -0.4 is 16.4 Å². The standard InChI is InChI=1S/C20H20F4N4O2.C2H6/c1-10-5-7-14(8-15(10)21)27-19(30)28-17(25)16-11(2)4-6-13(12(16)3)9-26-18(29)20(22,23)24;1-2/h4-8H,9H2,1-3H3,(H,26,29)(H3,25,27,28,30);1-2H3. The molecule has 174 valence electrons. The zero-order chi connectivity index (χ0) is 24.6. The van der Waals surface area contributed by atoms with Crippen molar-refractivity contribution in [3.05, 3.63) is 64.0 Å². The molecule has 0 aromatic heterocycles. The Morgan fingerprint density at radius 1 is 1.03 bits per heavy atom. The highest BCUT2D eigenvalue weighted by molar-refractivity contribution is 6.08. The zero-order valence-corrected chi connectivity index (χ0v) is 18.4. The normalized spacial score (nSPS) is 11.3. The molecule has 0 saturated carbocycles. The van der Waals surface area contributed by atoms with Gasteiger partial charge in [0.1, 0.15) is 11.7 Å². The van der Waals surface area contributed by atoms with Gasteiger partial charge in [0.15, 0.2) is 0 Å². The topological polar surface area (TPSA) is 96.6 Å². The van der Waals surface area contributed by atoms with Gasteiger partial charge in [0.05, 0.1) is 0 Å². The summed E-state index contributed by atoms with van der Waals surface area (Å²) in [5.74, 6) is -2.72. The van der Waals surface area contributed by atoms with Crippen LogP contribution in [-0.4, -0.2) is 24.0 Å². The molecule has 0 unspecified atom stereocenters. The fourth-order valence-corrected chi connectivity index (χ4v) is 2.74. The van der Waals surface area contributed by atoms with E-state index in [0.29, 0.717) is 27.8 Å². The summed E-state index contributed by atoms with van der Waals surface area (Å²) in [4.78, 5) is 26.9. The van der Waals surface area contributed by atoms with E-state index in [0.717, 1.165) is 6.07 Å². The van der Waals surface area contributed by atoms with Gasteiger partial charge >= 0.3 is 18.1 Å². The predicted octanol–water partition coefficient (Wildman–Crippen LogP) is 4.89. The van der Waals surface area contributed by atoms with Crippen molar-refractivity contribution < 1.29 is 27.2 Å². The van der Waals surface area contributed by atoms with Crippen molar-refractivity contribution >= 4 is 23.5 Å². The van der Waals surface area contributed by atoms with Crippen molar-refractivity contribution in [1.29, 1.82) is 0 Å². The van der Waals surface area contributed by atoms with Crippen molar-refractivity contribution in [1.82, 2.24) is 5.32 Å². The largest absolute Gasteiger partial charge is 0.471 e. The van der Waals surface area contributed by atoms with Crippen molar-refractivity contribution in [3.63, 3.8) is 0 Å². The number of benzene rings is 2. The number of carbonyl (C=O) groups is 2. The van der Waals surface area contributed by atoms with Gasteiger partial charge in [-0.3, -0.25) is 4.79 Å². The first-order valence-corrected chi connectivity index (χ1v) is 9.76. The average Bonchev–Trinajstić information content (AvgIpc) is 2.70. The predicted molar refractivity (Wildman–Crippen MR) is 116 cm³/mol. The molecule has 0 fully saturated rings. The molecule has 3 amide bonds. The number of urea groups is 1. The van der Waals surface area contributed by atoms with Gasteiger partial charge in [0.25, 0.3) is 0 Å². The molecule has 2 aromatic rings. The number of aryl methyl sites for hydroxylation is 2. The van der Waals surface area contributed by atoms with Crippen LogP contribution in [0.4, 0.5) is 28.0 Å². The summed E-state index contributed by atoms with van der Waals surface area (Å²) in [6.07, 6.45) is -4.99. The van der Waals surface area contributed by atoms with Crippen LogP contribution in [0.25, 0.3) is 0 Å². The molecule has 0 aliphatic carbocycles. The van der Waals surface area contributed by atoms with Crippen LogP contribution in [-0.2, 0) is 11.3 Å². The lowest BCUT2D eigenvalue weighted by Crippen LogP contribution is -2.36. The third kappa shape index (κ3) is 7.07. The van der Waals surface area contributed by atoms with Crippen molar-refractivity contribution in [2.24, 2.45) is 10.7 Å². The number of anilines is 1. The van der Waals surface area contributed by atoms with Gasteiger partial charge in [-0.1, -0.05) is 32.0 Å². The lowest BCUT2D eigenvalue weighted by atomic mass is 9.96. The van der Waals surface area contributed by atoms with E-state index in [2.05, 4.69) is 10.3 Å². The Labute approximate surface area is 183 Å². The quantitative estimate of drug-likeness (QED) is 0.349. The van der Waals surface area contributed by atoms with Crippen LogP contribution >= 0.6 is 0 Å². The monoisotopic (exact) mass is 454 g/mol. The molecule has 0 aliphatic heterocycles. The van der Waals surface area contributed by atoms with Crippen LogP contribution in [0.2, 0.25) is 0 Å². The second-order valence-electron chi connectivity index (χ2n) is 6.61. The number of hydrogen-bond acceptors (Lipinski definition) is 2. The molecule has 0 aliphatic rings. The van der Waals surface area contributed by atoms with Crippen molar-refractivity contribution in [3.8, 4) is 0 Å². The summed E-state index contributed by atoms with van der Waals surface area (Å²) in [6.45, 7) is 8.48. The summed E-state index contributed by atoms with van der Waals surface area (Å²) in [5.41, 5.74) is 8.39. The van der Waals surface area contributed by atoms with Gasteiger partial charge < -0.3 is 16.4 Å². The maximum atomic E-state index is 13.6. The molecule has 32 heavy (non-hydrogen) atoms. The van der Waals surface area contributed by atoms with Gasteiger partial charge in [0, 0.05) is 17.8 Å². The summed E-state index contributed by atoms with van der Waals surface area (Å²) in [5, 5.41) is 4.18. The molecule has 0 spiro atoms. The van der Waals surface area contributed by atoms with E-state index in [1.165, 1.54) is 12.1 Å². The van der Waals surface area contributed by atoms with Crippen LogP contribution in [0.5, 0.6) is 0 Å². The first-order chi connectivity index (χ1) is 14.9. The van der Waals surface area contributed by atoms with Crippen molar-refractivity contribution in [2.45, 2.75) is 47.3 Å². The maximum absolute atomic E-state index is 13.6. The third-order valence-corrected chi connectivity index (χ3v) is 4.38. The molecule has 2 aromatic carbocycles. The van der Waals surface area contributed by atoms with Gasteiger partial charge in [-0.15, -0.1) is 0 Å². The van der Waals surface area contributed by atoms with Crippen LogP contribution in [0, 0.1) is 26.6 Å². The van der Waals surface area contributed by atoms with Crippen LogP contribution in [0.15, 0.2) is 35.3 Å². The minimum absolute atomic E-state index is 0.168. The molecule has 0 bridgehead atoms. The van der Waals surface area contributed by atoms with E-state index in [1.807, 2.05) is 13.8 Å². The van der Waals surface area contributed by atoms with Gasteiger partial charge in [-0.25, -0.2) is 9.18 Å². The summed E-state index contributed by atoms with van der Waals surface area (Å²) < 4.78 is 50.7. The minimum Gasteiger partial charge on any atom is -0.383 e. The number of nitrogens with two attached hydrogens (primary N) is 1. The van der Waals surface area contributed by atoms with Crippen LogP contribution in [0.1, 0.15) is 41.7 Å². The number of aliphatic imine (C=N–C) groups is 1. The number of hydrogen-bond donors (Lipinski definition) is 3. The summed E-state index contributed by atoms with van der Waals surface area (Å²) >= 11 is 0. The number of halogens is 4. The van der Waals surface area contributed by atoms with E-state index in [1.54, 1.807) is 38.2 Å². The van der Waals surface area contributed by atoms with Crippen molar-refractivity contribution in [2.75, 3.05) is 5.32 Å². The molecular weight excluding hydrogens is 428 g/mol. The average molecular weight is 454 g/mol. The molecule has 0 atom stereocenters. The summed E-state index contributed by atoms with van der Waals surface area (Å²) in [7, 11) is 0. The Balaban J connectivity index is 0.00000249. The molecule has 0 heterocycles. The Morgan fingerprint density at radius 2 is 1.62 bits per heavy atom. The molecule has 10 heteroatoms. The number of nitrogens with zero attached hydrogens (tertiary/aromatic N) is 1. The second-order valence-corrected chi connectivity index (χ2v) is 6.61. The number of amidine groups is 1. The van der Waals surface area contributed by atoms with Gasteiger partial charge in [0.2, 0.25) is 0 Å². The smallest absolute Gasteiger partial charge is 0.383 e. The highest BCUT2D eigenvalue weighted by Gasteiger charge is 2.38. The zero-order valence-electron chi connectivity index (χ0n) is 18.4. The number of nitrogens with one attached hydrogen (secondary N) is 2. The van der Waals surface area contributed by atoms with E-state index >= 15 is 0 Å². The molecule has 2 rings (SSSR count). The van der Waals surface area contributed by atoms with E-state index in [-0.39, 0.29) is 18.1 Å².